The van der Waals surface area contributed by atoms with E-state index in [0.29, 0.717) is 37.4 Å². The lowest BCUT2D eigenvalue weighted by atomic mass is 10.0. The summed E-state index contributed by atoms with van der Waals surface area (Å²) in [5, 5.41) is 6.48. The number of hydrogen-bond donors (Lipinski definition) is 2. The molecule has 0 spiro atoms. The predicted octanol–water partition coefficient (Wildman–Crippen LogP) is 3.91. The van der Waals surface area contributed by atoms with Crippen molar-refractivity contribution < 1.29 is 18.0 Å². The van der Waals surface area contributed by atoms with E-state index in [-0.39, 0.29) is 16.8 Å². The molecule has 1 aliphatic heterocycles. The smallest absolute Gasteiger partial charge is 0.383 e. The topological polar surface area (TPSA) is 70.2 Å². The molecule has 0 atom stereocenters. The van der Waals surface area contributed by atoms with Gasteiger partial charge in [-0.2, -0.15) is 13.2 Å². The van der Waals surface area contributed by atoms with Crippen LogP contribution in [0.3, 0.4) is 0 Å². The van der Waals surface area contributed by atoms with Gasteiger partial charge in [0, 0.05) is 26.2 Å². The average molecular weight is 414 g/mol. The van der Waals surface area contributed by atoms with Gasteiger partial charge >= 0.3 is 6.18 Å². The number of nitrogens with zero attached hydrogens (tertiary/aromatic N) is 3. The first kappa shape index (κ1) is 20.2. The van der Waals surface area contributed by atoms with E-state index in [9.17, 15) is 18.0 Å². The number of aromatic nitrogens is 2. The van der Waals surface area contributed by atoms with Crippen LogP contribution in [-0.4, -0.2) is 47.0 Å². The highest BCUT2D eigenvalue weighted by Gasteiger charge is 2.36. The molecule has 2 heterocycles. The lowest BCUT2D eigenvalue weighted by Crippen LogP contribution is -2.43. The number of alkyl halides is 3. The van der Waals surface area contributed by atoms with E-state index in [2.05, 4.69) is 20.6 Å². The number of anilines is 2. The van der Waals surface area contributed by atoms with E-state index in [1.807, 2.05) is 0 Å². The molecule has 0 saturated carbocycles. The van der Waals surface area contributed by atoms with Gasteiger partial charge in [0.2, 0.25) is 0 Å². The van der Waals surface area contributed by atoms with Crippen LogP contribution in [0.1, 0.15) is 28.8 Å². The van der Waals surface area contributed by atoms with Crippen molar-refractivity contribution in [2.24, 2.45) is 0 Å². The molecule has 3 rings (SSSR count). The number of halogens is 4. The van der Waals surface area contributed by atoms with Crippen LogP contribution in [-0.2, 0) is 6.18 Å². The van der Waals surface area contributed by atoms with Gasteiger partial charge in [0.25, 0.3) is 5.91 Å². The fourth-order valence-electron chi connectivity index (χ4n) is 3.20. The lowest BCUT2D eigenvalue weighted by Gasteiger charge is -2.33. The van der Waals surface area contributed by atoms with Gasteiger partial charge in [-0.05, 0) is 25.0 Å². The van der Waals surface area contributed by atoms with Crippen LogP contribution >= 0.6 is 11.6 Å². The minimum atomic E-state index is -4.57. The summed E-state index contributed by atoms with van der Waals surface area (Å²) in [6.07, 6.45) is -2.07. The molecule has 2 N–H and O–H groups in total. The number of hydrogen-bond acceptors (Lipinski definition) is 5. The Labute approximate surface area is 165 Å². The zero-order valence-corrected chi connectivity index (χ0v) is 15.8. The fraction of sp³-hybridized carbons (Fsp3) is 0.389. The summed E-state index contributed by atoms with van der Waals surface area (Å²) in [6.45, 7) is 0.687. The number of piperidine rings is 1. The van der Waals surface area contributed by atoms with E-state index in [1.54, 1.807) is 7.05 Å². The Morgan fingerprint density at radius 1 is 1.21 bits per heavy atom. The van der Waals surface area contributed by atoms with Crippen molar-refractivity contribution in [1.29, 1.82) is 0 Å². The van der Waals surface area contributed by atoms with Gasteiger partial charge in [0.05, 0.1) is 11.1 Å². The molecule has 2 aromatic rings. The largest absolute Gasteiger partial charge is 0.417 e. The summed E-state index contributed by atoms with van der Waals surface area (Å²) in [4.78, 5) is 22.2. The Hall–Kier alpha value is -2.55. The summed E-state index contributed by atoms with van der Waals surface area (Å²) in [5.41, 5.74) is -0.655. The van der Waals surface area contributed by atoms with Crippen molar-refractivity contribution in [3.63, 3.8) is 0 Å². The Morgan fingerprint density at radius 2 is 1.89 bits per heavy atom. The minimum absolute atomic E-state index is 0.0139. The fourth-order valence-corrected chi connectivity index (χ4v) is 3.43. The van der Waals surface area contributed by atoms with Crippen molar-refractivity contribution in [1.82, 2.24) is 14.9 Å². The molecule has 1 saturated heterocycles. The van der Waals surface area contributed by atoms with Crippen LogP contribution in [0.5, 0.6) is 0 Å². The molecule has 1 aliphatic rings. The summed E-state index contributed by atoms with van der Waals surface area (Å²) >= 11 is 6.03. The third-order valence-corrected chi connectivity index (χ3v) is 4.92. The molecule has 0 unspecified atom stereocenters. The van der Waals surface area contributed by atoms with Crippen LogP contribution in [0.15, 0.2) is 30.6 Å². The zero-order chi connectivity index (χ0) is 20.3. The van der Waals surface area contributed by atoms with E-state index >= 15 is 0 Å². The SMILES string of the molecule is CNc1c(Cl)ncnc1NC1CCN(C(=O)c2ccccc2C(F)(F)F)CC1. The zero-order valence-electron chi connectivity index (χ0n) is 15.1. The average Bonchev–Trinajstić information content (AvgIpc) is 2.67. The highest BCUT2D eigenvalue weighted by molar-refractivity contribution is 6.32. The Bertz CT molecular complexity index is 853. The number of carbonyl (C=O) groups excluding carboxylic acids is 1. The first-order valence-corrected chi connectivity index (χ1v) is 9.09. The van der Waals surface area contributed by atoms with E-state index in [1.165, 1.54) is 29.4 Å². The number of benzene rings is 1. The number of carbonyl (C=O) groups is 1. The quantitative estimate of drug-likeness (QED) is 0.744. The predicted molar refractivity (Wildman–Crippen MR) is 101 cm³/mol. The van der Waals surface area contributed by atoms with Crippen molar-refractivity contribution >= 4 is 29.0 Å². The Morgan fingerprint density at radius 3 is 2.54 bits per heavy atom. The van der Waals surface area contributed by atoms with Gasteiger partial charge in [-0.15, -0.1) is 0 Å². The maximum Gasteiger partial charge on any atom is 0.417 e. The second-order valence-electron chi connectivity index (χ2n) is 6.39. The second-order valence-corrected chi connectivity index (χ2v) is 6.75. The number of nitrogens with one attached hydrogen (secondary N) is 2. The third-order valence-electron chi connectivity index (χ3n) is 4.64. The third kappa shape index (κ3) is 4.30. The van der Waals surface area contributed by atoms with E-state index in [4.69, 9.17) is 11.6 Å². The Balaban J connectivity index is 1.67. The van der Waals surface area contributed by atoms with Gasteiger partial charge in [-0.3, -0.25) is 4.79 Å². The molecule has 10 heteroatoms. The van der Waals surface area contributed by atoms with Crippen molar-refractivity contribution in [3.8, 4) is 0 Å². The molecule has 6 nitrogen and oxygen atoms in total. The van der Waals surface area contributed by atoms with E-state index in [0.717, 1.165) is 6.07 Å². The van der Waals surface area contributed by atoms with Crippen LogP contribution in [0.4, 0.5) is 24.7 Å². The van der Waals surface area contributed by atoms with Crippen LogP contribution < -0.4 is 10.6 Å². The summed E-state index contributed by atoms with van der Waals surface area (Å²) in [6, 6.07) is 4.88. The van der Waals surface area contributed by atoms with Crippen LogP contribution in [0, 0.1) is 0 Å². The number of amides is 1. The number of rotatable bonds is 4. The molecule has 0 bridgehead atoms. The molecule has 1 fully saturated rings. The first-order valence-electron chi connectivity index (χ1n) is 8.71. The van der Waals surface area contributed by atoms with Crippen molar-refractivity contribution in [2.75, 3.05) is 30.8 Å². The molecule has 1 aromatic carbocycles. The molecule has 150 valence electrons. The first-order chi connectivity index (χ1) is 13.3. The highest BCUT2D eigenvalue weighted by atomic mass is 35.5. The molecule has 1 aromatic heterocycles. The summed E-state index contributed by atoms with van der Waals surface area (Å²) < 4.78 is 39.5. The summed E-state index contributed by atoms with van der Waals surface area (Å²) in [5.74, 6) is -0.0536. The standard InChI is InChI=1S/C18H19ClF3N5O/c1-23-14-15(19)24-10-25-16(14)26-11-6-8-27(9-7-11)17(28)12-4-2-3-5-13(12)18(20,21)22/h2-5,10-11,23H,6-9H2,1H3,(H,24,25,26). The normalized spacial score (nSPS) is 15.4. The highest BCUT2D eigenvalue weighted by Crippen LogP contribution is 2.33. The van der Waals surface area contributed by atoms with Crippen molar-refractivity contribution in [3.05, 3.63) is 46.9 Å². The lowest BCUT2D eigenvalue weighted by molar-refractivity contribution is -0.138. The molecule has 28 heavy (non-hydrogen) atoms. The minimum Gasteiger partial charge on any atom is -0.383 e. The van der Waals surface area contributed by atoms with Crippen LogP contribution in [0.2, 0.25) is 5.15 Å². The van der Waals surface area contributed by atoms with Gasteiger partial charge < -0.3 is 15.5 Å². The summed E-state index contributed by atoms with van der Waals surface area (Å²) in [7, 11) is 1.70. The second kappa shape index (κ2) is 8.22. The molecule has 0 aliphatic carbocycles. The monoisotopic (exact) mass is 413 g/mol. The molecule has 1 amide bonds. The molecular weight excluding hydrogens is 395 g/mol. The molecular formula is C18H19ClF3N5O. The van der Waals surface area contributed by atoms with Gasteiger partial charge in [-0.25, -0.2) is 9.97 Å². The number of likely N-dealkylation sites (tertiary alicyclic amines) is 1. The maximum atomic E-state index is 13.2. The Kier molecular flexibility index (Phi) is 5.93. The van der Waals surface area contributed by atoms with Gasteiger partial charge in [-0.1, -0.05) is 23.7 Å². The van der Waals surface area contributed by atoms with Gasteiger partial charge in [0.1, 0.15) is 12.0 Å². The van der Waals surface area contributed by atoms with E-state index < -0.39 is 17.6 Å². The van der Waals surface area contributed by atoms with Gasteiger partial charge in [0.15, 0.2) is 11.0 Å². The van der Waals surface area contributed by atoms with Crippen LogP contribution in [0.25, 0.3) is 0 Å². The molecule has 0 radical (unpaired) electrons. The van der Waals surface area contributed by atoms with Crippen molar-refractivity contribution in [2.45, 2.75) is 25.1 Å². The maximum absolute atomic E-state index is 13.2.